The number of carbonyl (C=O) groups excluding carboxylic acids is 2. The molecule has 0 rings (SSSR count). The highest BCUT2D eigenvalue weighted by atomic mass is 35.6. The van der Waals surface area contributed by atoms with Crippen molar-refractivity contribution in [1.82, 2.24) is 0 Å². The molecule has 104 valence electrons. The Labute approximate surface area is 129 Å². The highest BCUT2D eigenvalue weighted by Gasteiger charge is 2.27. The average molecular weight is 358 g/mol. The Kier molecular flexibility index (Phi) is 7.11. The molecule has 0 radical (unpaired) electrons. The van der Waals surface area contributed by atoms with Crippen LogP contribution in [0.25, 0.3) is 0 Å². The third-order valence-electron chi connectivity index (χ3n) is 1.32. The van der Waals surface area contributed by atoms with Gasteiger partial charge in [0.15, 0.2) is 0 Å². The van der Waals surface area contributed by atoms with E-state index in [0.717, 1.165) is 0 Å². The summed E-state index contributed by atoms with van der Waals surface area (Å²) in [4.78, 5) is 22.6. The molecule has 0 heterocycles. The van der Waals surface area contributed by atoms with Crippen LogP contribution in [0.2, 0.25) is 0 Å². The number of alkyl halides is 5. The summed E-state index contributed by atoms with van der Waals surface area (Å²) in [5.41, 5.74) is -0.554. The van der Waals surface area contributed by atoms with Crippen LogP contribution in [0.3, 0.4) is 0 Å². The van der Waals surface area contributed by atoms with Crippen LogP contribution >= 0.6 is 58.0 Å². The Morgan fingerprint density at radius 1 is 1.00 bits per heavy atom. The van der Waals surface area contributed by atoms with E-state index in [1.54, 1.807) is 0 Å². The van der Waals surface area contributed by atoms with Gasteiger partial charge in [-0.25, -0.2) is 9.59 Å². The summed E-state index contributed by atoms with van der Waals surface area (Å²) in [6.07, 6.45) is 0. The topological polar surface area (TPSA) is 52.6 Å². The molecule has 0 aromatic rings. The highest BCUT2D eigenvalue weighted by molar-refractivity contribution is 6.67. The summed E-state index contributed by atoms with van der Waals surface area (Å²) in [7, 11) is 0. The number of hydrogen-bond acceptors (Lipinski definition) is 4. The van der Waals surface area contributed by atoms with Crippen molar-refractivity contribution in [3.05, 3.63) is 12.2 Å². The van der Waals surface area contributed by atoms with Crippen molar-refractivity contribution in [3.63, 3.8) is 0 Å². The zero-order chi connectivity index (χ0) is 14.6. The van der Waals surface area contributed by atoms with Crippen LogP contribution in [0.1, 0.15) is 6.92 Å². The Hall–Kier alpha value is 0.130. The minimum absolute atomic E-state index is 0.314. The normalized spacial score (nSPS) is 11.9. The van der Waals surface area contributed by atoms with E-state index in [2.05, 4.69) is 16.1 Å². The molecular weight excluding hydrogens is 349 g/mol. The maximum atomic E-state index is 11.3. The van der Waals surface area contributed by atoms with Crippen molar-refractivity contribution in [2.75, 3.05) is 13.2 Å². The summed E-state index contributed by atoms with van der Waals surface area (Å²) in [5, 5.41) is 0. The summed E-state index contributed by atoms with van der Waals surface area (Å²) in [6.45, 7) is 3.77. The number of esters is 2. The van der Waals surface area contributed by atoms with E-state index >= 15 is 0 Å². The van der Waals surface area contributed by atoms with Gasteiger partial charge in [-0.05, 0) is 6.92 Å². The van der Waals surface area contributed by atoms with E-state index < -0.39 is 32.2 Å². The molecule has 18 heavy (non-hydrogen) atoms. The summed E-state index contributed by atoms with van der Waals surface area (Å²) in [6, 6.07) is 0. The van der Waals surface area contributed by atoms with Crippen LogP contribution in [0, 0.1) is 0 Å². The molecule has 0 saturated carbocycles. The van der Waals surface area contributed by atoms with Crippen molar-refractivity contribution in [2.24, 2.45) is 0 Å². The van der Waals surface area contributed by atoms with Crippen molar-refractivity contribution in [1.29, 1.82) is 0 Å². The monoisotopic (exact) mass is 356 g/mol. The molecule has 0 bridgehead atoms. The lowest BCUT2D eigenvalue weighted by molar-refractivity contribution is -0.147. The Bertz CT molecular complexity index is 310. The van der Waals surface area contributed by atoms with Gasteiger partial charge in [-0.2, -0.15) is 0 Å². The van der Waals surface area contributed by atoms with Crippen molar-refractivity contribution >= 4 is 69.9 Å². The number of rotatable bonds is 5. The van der Waals surface area contributed by atoms with Crippen LogP contribution in [0.5, 0.6) is 0 Å². The number of carbonyl (C=O) groups is 2. The first kappa shape index (κ1) is 18.1. The third kappa shape index (κ3) is 9.11. The molecule has 0 aliphatic heterocycles. The van der Waals surface area contributed by atoms with Crippen LogP contribution in [0.15, 0.2) is 12.2 Å². The van der Waals surface area contributed by atoms with Crippen molar-refractivity contribution in [3.8, 4) is 0 Å². The van der Waals surface area contributed by atoms with E-state index in [0.29, 0.717) is 0 Å². The fourth-order valence-corrected chi connectivity index (χ4v) is 0.870. The Morgan fingerprint density at radius 3 is 1.72 bits per heavy atom. The van der Waals surface area contributed by atoms with Crippen LogP contribution in [-0.4, -0.2) is 33.3 Å². The van der Waals surface area contributed by atoms with Gasteiger partial charge in [-0.15, -0.1) is 0 Å². The van der Waals surface area contributed by atoms with Gasteiger partial charge in [-0.1, -0.05) is 64.6 Å². The summed E-state index contributed by atoms with van der Waals surface area (Å²) >= 11 is 27.2. The molecule has 0 spiro atoms. The molecule has 0 aromatic carbocycles. The molecule has 0 amide bonds. The average Bonchev–Trinajstić information content (AvgIpc) is 2.19. The molecule has 4 nitrogen and oxygen atoms in total. The van der Waals surface area contributed by atoms with Gasteiger partial charge in [0.25, 0.3) is 0 Å². The largest absolute Gasteiger partial charge is 0.459 e. The van der Waals surface area contributed by atoms with E-state index in [9.17, 15) is 9.59 Å². The molecule has 0 saturated heterocycles. The fraction of sp³-hybridized carbons (Fsp3) is 0.556. The number of hydrogen-bond donors (Lipinski definition) is 0. The zero-order valence-electron chi connectivity index (χ0n) is 9.14. The molecule has 0 fully saturated rings. The van der Waals surface area contributed by atoms with E-state index in [1.807, 2.05) is 0 Å². The summed E-state index contributed by atoms with van der Waals surface area (Å²) in [5.74, 6) is -2.07. The van der Waals surface area contributed by atoms with Gasteiger partial charge in [0.05, 0.1) is 0 Å². The lowest BCUT2D eigenvalue weighted by Gasteiger charge is -2.14. The Balaban J connectivity index is 4.22. The standard InChI is InChI=1S/C9H9Cl5O4/c1-5(6(15)17-3-8(2,10)11)7(16)18-4-9(12,13)14/h1,3-4H2,2H3. The predicted octanol–water partition coefficient (Wildman–Crippen LogP) is 3.19. The Morgan fingerprint density at radius 2 is 1.39 bits per heavy atom. The summed E-state index contributed by atoms with van der Waals surface area (Å²) < 4.78 is 6.10. The van der Waals surface area contributed by atoms with Crippen LogP contribution in [-0.2, 0) is 19.1 Å². The van der Waals surface area contributed by atoms with Gasteiger partial charge >= 0.3 is 11.9 Å². The van der Waals surface area contributed by atoms with Gasteiger partial charge in [0, 0.05) is 0 Å². The predicted molar refractivity (Wildman–Crippen MR) is 71.5 cm³/mol. The second-order valence-corrected chi connectivity index (χ2v) is 7.69. The lowest BCUT2D eigenvalue weighted by Crippen LogP contribution is -2.25. The SMILES string of the molecule is C=C(C(=O)OCC(C)(Cl)Cl)C(=O)OCC(Cl)(Cl)Cl. The zero-order valence-corrected chi connectivity index (χ0v) is 12.9. The van der Waals surface area contributed by atoms with Crippen molar-refractivity contribution < 1.29 is 19.1 Å². The van der Waals surface area contributed by atoms with Crippen molar-refractivity contribution in [2.45, 2.75) is 15.0 Å². The van der Waals surface area contributed by atoms with Crippen LogP contribution in [0.4, 0.5) is 0 Å². The van der Waals surface area contributed by atoms with Crippen LogP contribution < -0.4 is 0 Å². The third-order valence-corrected chi connectivity index (χ3v) is 1.86. The van der Waals surface area contributed by atoms with Gasteiger partial charge in [-0.3, -0.25) is 0 Å². The number of ether oxygens (including phenoxy) is 2. The molecule has 0 aliphatic rings. The molecular formula is C9H9Cl5O4. The molecule has 0 aromatic heterocycles. The van der Waals surface area contributed by atoms with E-state index in [1.165, 1.54) is 6.92 Å². The fourth-order valence-electron chi connectivity index (χ4n) is 0.597. The second kappa shape index (κ2) is 7.06. The smallest absolute Gasteiger partial charge is 0.345 e. The molecule has 0 N–H and O–H groups in total. The first-order chi connectivity index (χ1) is 7.92. The first-order valence-corrected chi connectivity index (χ1v) is 6.29. The molecule has 0 unspecified atom stereocenters. The maximum Gasteiger partial charge on any atom is 0.345 e. The number of halogens is 5. The molecule has 9 heteroatoms. The lowest BCUT2D eigenvalue weighted by atomic mass is 10.3. The van der Waals surface area contributed by atoms with Gasteiger partial charge in [0.1, 0.15) is 23.1 Å². The molecule has 0 aliphatic carbocycles. The highest BCUT2D eigenvalue weighted by Crippen LogP contribution is 2.26. The maximum absolute atomic E-state index is 11.3. The van der Waals surface area contributed by atoms with Gasteiger partial charge in [0.2, 0.25) is 3.79 Å². The minimum atomic E-state index is -1.77. The van der Waals surface area contributed by atoms with Gasteiger partial charge < -0.3 is 9.47 Å². The first-order valence-electron chi connectivity index (χ1n) is 4.40. The minimum Gasteiger partial charge on any atom is -0.459 e. The second-order valence-electron chi connectivity index (χ2n) is 3.32. The van der Waals surface area contributed by atoms with E-state index in [4.69, 9.17) is 58.0 Å². The van der Waals surface area contributed by atoms with E-state index in [-0.39, 0.29) is 6.61 Å². The molecule has 0 atom stereocenters. The quantitative estimate of drug-likeness (QED) is 0.249.